The van der Waals surface area contributed by atoms with Crippen LogP contribution in [0.15, 0.2) is 36.4 Å². The van der Waals surface area contributed by atoms with Crippen molar-refractivity contribution in [1.29, 1.82) is 0 Å². The van der Waals surface area contributed by atoms with E-state index < -0.39 is 0 Å². The van der Waals surface area contributed by atoms with Crippen LogP contribution in [0.2, 0.25) is 0 Å². The van der Waals surface area contributed by atoms with Crippen LogP contribution in [0.4, 0.5) is 10.2 Å². The summed E-state index contributed by atoms with van der Waals surface area (Å²) in [4.78, 5) is 0. The average Bonchev–Trinajstić information content (AvgIpc) is 2.35. The molecule has 1 aliphatic rings. The van der Waals surface area contributed by atoms with Crippen LogP contribution in [0.1, 0.15) is 0 Å². The van der Waals surface area contributed by atoms with Crippen molar-refractivity contribution >= 4 is 5.82 Å². The predicted octanol–water partition coefficient (Wildman–Crippen LogP) is 1.67. The quantitative estimate of drug-likeness (QED) is 0.862. The standard InChI is InChI=1S/C13H13FN4/c14-11-4-2-1-3-10(11)12-5-6-13(18-17-12)16-9-7-15-8-9/h1-6,9,15H,7-8H2,(H,16,18). The summed E-state index contributed by atoms with van der Waals surface area (Å²) in [6.07, 6.45) is 0. The molecule has 1 fully saturated rings. The Morgan fingerprint density at radius 2 is 1.94 bits per heavy atom. The summed E-state index contributed by atoms with van der Waals surface area (Å²) in [5.74, 6) is 0.442. The predicted molar refractivity (Wildman–Crippen MR) is 67.7 cm³/mol. The molecule has 0 amide bonds. The van der Waals surface area contributed by atoms with Crippen molar-refractivity contribution in [2.45, 2.75) is 6.04 Å². The molecule has 1 saturated heterocycles. The maximum absolute atomic E-state index is 13.6. The van der Waals surface area contributed by atoms with Crippen LogP contribution < -0.4 is 10.6 Å². The average molecular weight is 244 g/mol. The van der Waals surface area contributed by atoms with Crippen LogP contribution in [0.25, 0.3) is 11.3 Å². The van der Waals surface area contributed by atoms with Gasteiger partial charge in [0.05, 0.1) is 11.7 Å². The fourth-order valence-corrected chi connectivity index (χ4v) is 1.82. The molecule has 1 aromatic carbocycles. The van der Waals surface area contributed by atoms with Crippen LogP contribution in [0, 0.1) is 5.82 Å². The molecule has 0 saturated carbocycles. The van der Waals surface area contributed by atoms with Gasteiger partial charge in [-0.05, 0) is 24.3 Å². The summed E-state index contributed by atoms with van der Waals surface area (Å²) in [6.45, 7) is 1.88. The maximum atomic E-state index is 13.6. The van der Waals surface area contributed by atoms with Gasteiger partial charge >= 0.3 is 0 Å². The zero-order valence-corrected chi connectivity index (χ0v) is 9.73. The number of hydrogen-bond donors (Lipinski definition) is 2. The lowest BCUT2D eigenvalue weighted by molar-refractivity contribution is 0.470. The molecule has 92 valence electrons. The molecule has 1 aromatic heterocycles. The van der Waals surface area contributed by atoms with Gasteiger partial charge in [-0.1, -0.05) is 12.1 Å². The Hall–Kier alpha value is -2.01. The van der Waals surface area contributed by atoms with E-state index in [-0.39, 0.29) is 5.82 Å². The number of rotatable bonds is 3. The maximum Gasteiger partial charge on any atom is 0.148 e. The SMILES string of the molecule is Fc1ccccc1-c1ccc(NC2CNC2)nn1. The number of anilines is 1. The van der Waals surface area contributed by atoms with Gasteiger partial charge < -0.3 is 10.6 Å². The largest absolute Gasteiger partial charge is 0.363 e. The van der Waals surface area contributed by atoms with Crippen LogP contribution in [0.5, 0.6) is 0 Å². The minimum Gasteiger partial charge on any atom is -0.363 e. The first kappa shape index (κ1) is 11.1. The van der Waals surface area contributed by atoms with Crippen molar-refractivity contribution in [3.8, 4) is 11.3 Å². The first-order valence-corrected chi connectivity index (χ1v) is 5.89. The Balaban J connectivity index is 1.80. The van der Waals surface area contributed by atoms with Crippen molar-refractivity contribution in [2.75, 3.05) is 18.4 Å². The fraction of sp³-hybridized carbons (Fsp3) is 0.231. The van der Waals surface area contributed by atoms with Crippen LogP contribution in [0.3, 0.4) is 0 Å². The molecular weight excluding hydrogens is 231 g/mol. The van der Waals surface area contributed by atoms with Gasteiger partial charge in [-0.25, -0.2) is 4.39 Å². The van der Waals surface area contributed by atoms with Crippen LogP contribution in [-0.2, 0) is 0 Å². The fourth-order valence-electron chi connectivity index (χ4n) is 1.82. The van der Waals surface area contributed by atoms with Crippen molar-refractivity contribution < 1.29 is 4.39 Å². The van der Waals surface area contributed by atoms with Crippen LogP contribution >= 0.6 is 0 Å². The summed E-state index contributed by atoms with van der Waals surface area (Å²) in [7, 11) is 0. The van der Waals surface area contributed by atoms with E-state index in [1.807, 2.05) is 6.07 Å². The van der Waals surface area contributed by atoms with Crippen molar-refractivity contribution in [3.63, 3.8) is 0 Å². The second-order valence-electron chi connectivity index (χ2n) is 4.28. The van der Waals surface area contributed by atoms with E-state index in [4.69, 9.17) is 0 Å². The smallest absolute Gasteiger partial charge is 0.148 e. The van der Waals surface area contributed by atoms with Crippen molar-refractivity contribution in [2.24, 2.45) is 0 Å². The Morgan fingerprint density at radius 3 is 2.56 bits per heavy atom. The summed E-state index contributed by atoms with van der Waals surface area (Å²) in [5.41, 5.74) is 1.02. The molecule has 4 nitrogen and oxygen atoms in total. The van der Waals surface area contributed by atoms with E-state index in [0.717, 1.165) is 18.9 Å². The highest BCUT2D eigenvalue weighted by Crippen LogP contribution is 2.20. The number of aromatic nitrogens is 2. The molecule has 0 bridgehead atoms. The summed E-state index contributed by atoms with van der Waals surface area (Å²) in [6, 6.07) is 10.6. The first-order valence-electron chi connectivity index (χ1n) is 5.89. The Morgan fingerprint density at radius 1 is 1.11 bits per heavy atom. The molecule has 3 rings (SSSR count). The molecule has 5 heteroatoms. The van der Waals surface area contributed by atoms with Crippen molar-refractivity contribution in [3.05, 3.63) is 42.2 Å². The summed E-state index contributed by atoms with van der Waals surface area (Å²) in [5, 5.41) is 14.5. The van der Waals surface area contributed by atoms with Gasteiger partial charge in [0.25, 0.3) is 0 Å². The zero-order valence-electron chi connectivity index (χ0n) is 9.73. The highest BCUT2D eigenvalue weighted by atomic mass is 19.1. The third kappa shape index (κ3) is 2.17. The van der Waals surface area contributed by atoms with E-state index in [1.54, 1.807) is 24.3 Å². The Kier molecular flexibility index (Phi) is 2.90. The van der Waals surface area contributed by atoms with Crippen molar-refractivity contribution in [1.82, 2.24) is 15.5 Å². The third-order valence-electron chi connectivity index (χ3n) is 2.95. The van der Waals surface area contributed by atoms with Gasteiger partial charge in [-0.15, -0.1) is 10.2 Å². The molecule has 0 radical (unpaired) electrons. The van der Waals surface area contributed by atoms with E-state index in [9.17, 15) is 4.39 Å². The molecule has 18 heavy (non-hydrogen) atoms. The molecule has 0 spiro atoms. The number of nitrogens with one attached hydrogen (secondary N) is 2. The summed E-state index contributed by atoms with van der Waals surface area (Å²) >= 11 is 0. The molecule has 1 aliphatic heterocycles. The highest BCUT2D eigenvalue weighted by Gasteiger charge is 2.16. The minimum atomic E-state index is -0.282. The van der Waals surface area contributed by atoms with Gasteiger partial charge in [0, 0.05) is 18.7 Å². The minimum absolute atomic E-state index is 0.282. The first-order chi connectivity index (χ1) is 8.83. The number of halogens is 1. The van der Waals surface area contributed by atoms with Gasteiger partial charge in [0.2, 0.25) is 0 Å². The van der Waals surface area contributed by atoms with E-state index in [0.29, 0.717) is 17.3 Å². The van der Waals surface area contributed by atoms with Gasteiger partial charge in [0.15, 0.2) is 0 Å². The molecule has 2 aromatic rings. The van der Waals surface area contributed by atoms with E-state index in [1.165, 1.54) is 6.07 Å². The van der Waals surface area contributed by atoms with E-state index >= 15 is 0 Å². The molecular formula is C13H13FN4. The topological polar surface area (TPSA) is 49.8 Å². The highest BCUT2D eigenvalue weighted by molar-refractivity contribution is 5.60. The molecule has 0 unspecified atom stereocenters. The van der Waals surface area contributed by atoms with E-state index in [2.05, 4.69) is 20.8 Å². The number of hydrogen-bond acceptors (Lipinski definition) is 4. The molecule has 0 aliphatic carbocycles. The van der Waals surface area contributed by atoms with Crippen LogP contribution in [-0.4, -0.2) is 29.3 Å². The molecule has 0 atom stereocenters. The molecule has 2 heterocycles. The number of benzene rings is 1. The number of nitrogens with zero attached hydrogens (tertiary/aromatic N) is 2. The monoisotopic (exact) mass is 244 g/mol. The second kappa shape index (κ2) is 4.70. The lowest BCUT2D eigenvalue weighted by Crippen LogP contribution is -2.51. The van der Waals surface area contributed by atoms with Gasteiger partial charge in [-0.3, -0.25) is 0 Å². The Bertz CT molecular complexity index is 537. The normalized spacial score (nSPS) is 15.2. The Labute approximate surface area is 104 Å². The van der Waals surface area contributed by atoms with Gasteiger partial charge in [0.1, 0.15) is 11.6 Å². The lowest BCUT2D eigenvalue weighted by atomic mass is 10.1. The lowest BCUT2D eigenvalue weighted by Gasteiger charge is -2.28. The third-order valence-corrected chi connectivity index (χ3v) is 2.95. The second-order valence-corrected chi connectivity index (χ2v) is 4.28. The molecule has 2 N–H and O–H groups in total. The summed E-state index contributed by atoms with van der Waals surface area (Å²) < 4.78 is 13.6. The zero-order chi connectivity index (χ0) is 12.4. The van der Waals surface area contributed by atoms with Gasteiger partial charge in [-0.2, -0.15) is 0 Å².